The number of hydrogen-bond acceptors (Lipinski definition) is 3. The lowest BCUT2D eigenvalue weighted by Crippen LogP contribution is -2.51. The van der Waals surface area contributed by atoms with Crippen LogP contribution >= 0.6 is 0 Å². The lowest BCUT2D eigenvalue weighted by Gasteiger charge is -2.35. The third-order valence-corrected chi connectivity index (χ3v) is 4.59. The third-order valence-electron chi connectivity index (χ3n) is 4.59. The summed E-state index contributed by atoms with van der Waals surface area (Å²) in [6.07, 6.45) is 1.92. The van der Waals surface area contributed by atoms with Crippen LogP contribution in [0.4, 0.5) is 9.18 Å². The van der Waals surface area contributed by atoms with Crippen LogP contribution in [0.3, 0.4) is 0 Å². The van der Waals surface area contributed by atoms with E-state index in [9.17, 15) is 9.18 Å². The summed E-state index contributed by atoms with van der Waals surface area (Å²) in [6, 6.07) is 7.03. The van der Waals surface area contributed by atoms with Crippen molar-refractivity contribution in [3.8, 4) is 0 Å². The number of fused-ring (bicyclic) bond motifs is 2. The molecule has 1 amide bonds. The summed E-state index contributed by atoms with van der Waals surface area (Å²) < 4.78 is 18.5. The van der Waals surface area contributed by atoms with E-state index in [-0.39, 0.29) is 24.0 Å². The van der Waals surface area contributed by atoms with Gasteiger partial charge in [-0.05, 0) is 57.2 Å². The molecule has 1 aromatic rings. The third kappa shape index (κ3) is 3.83. The fourth-order valence-electron chi connectivity index (χ4n) is 3.63. The molecule has 23 heavy (non-hydrogen) atoms. The molecule has 0 spiro atoms. The van der Waals surface area contributed by atoms with E-state index in [0.717, 1.165) is 24.9 Å². The first-order chi connectivity index (χ1) is 10.8. The molecule has 2 fully saturated rings. The molecule has 2 bridgehead atoms. The van der Waals surface area contributed by atoms with Gasteiger partial charge in [0.15, 0.2) is 0 Å². The summed E-state index contributed by atoms with van der Waals surface area (Å²) in [4.78, 5) is 14.2. The van der Waals surface area contributed by atoms with Gasteiger partial charge >= 0.3 is 6.09 Å². The summed E-state index contributed by atoms with van der Waals surface area (Å²) in [5, 5.41) is 3.52. The minimum Gasteiger partial charge on any atom is -0.444 e. The lowest BCUT2D eigenvalue weighted by atomic mass is 10.1. The SMILES string of the molecule is CC(C)(C)OC(=O)N1C[C@@H]2C[C@H](NCc3ccc(F)cc3)[C@H]1C2. The van der Waals surface area contributed by atoms with Gasteiger partial charge in [0.05, 0.1) is 6.04 Å². The maximum atomic E-state index is 12.9. The zero-order valence-corrected chi connectivity index (χ0v) is 14.0. The molecule has 0 unspecified atom stereocenters. The highest BCUT2D eigenvalue weighted by atomic mass is 19.1. The molecule has 1 heterocycles. The first-order valence-electron chi connectivity index (χ1n) is 8.29. The standard InChI is InChI=1S/C18H25FN2O2/c1-18(2,3)23-17(22)21-11-13-8-15(16(21)9-13)20-10-12-4-6-14(19)7-5-12/h4-7,13,15-16,20H,8-11H2,1-3H3/t13-,15+,16-/m1/s1. The number of carbonyl (C=O) groups excluding carboxylic acids is 1. The monoisotopic (exact) mass is 320 g/mol. The number of amides is 1. The van der Waals surface area contributed by atoms with Crippen molar-refractivity contribution in [2.24, 2.45) is 5.92 Å². The molecular weight excluding hydrogens is 295 g/mol. The Morgan fingerprint density at radius 2 is 2.00 bits per heavy atom. The molecule has 2 aliphatic rings. The molecular formula is C18H25FN2O2. The Bertz CT molecular complexity index is 567. The van der Waals surface area contributed by atoms with Gasteiger partial charge in [-0.1, -0.05) is 12.1 Å². The van der Waals surface area contributed by atoms with Crippen LogP contribution in [0, 0.1) is 11.7 Å². The van der Waals surface area contributed by atoms with Gasteiger partial charge in [0.1, 0.15) is 11.4 Å². The number of hydrogen-bond donors (Lipinski definition) is 1. The average molecular weight is 320 g/mol. The fourth-order valence-corrected chi connectivity index (χ4v) is 3.63. The first kappa shape index (κ1) is 16.2. The maximum Gasteiger partial charge on any atom is 0.410 e. The normalized spacial score (nSPS) is 26.6. The Kier molecular flexibility index (Phi) is 4.32. The van der Waals surface area contributed by atoms with Gasteiger partial charge in [-0.25, -0.2) is 9.18 Å². The maximum absolute atomic E-state index is 12.9. The van der Waals surface area contributed by atoms with Crippen molar-refractivity contribution in [1.29, 1.82) is 0 Å². The Balaban J connectivity index is 1.57. The van der Waals surface area contributed by atoms with E-state index in [2.05, 4.69) is 5.32 Å². The van der Waals surface area contributed by atoms with Crippen LogP contribution < -0.4 is 5.32 Å². The van der Waals surface area contributed by atoms with E-state index in [0.29, 0.717) is 12.5 Å². The predicted molar refractivity (Wildman–Crippen MR) is 86.5 cm³/mol. The smallest absolute Gasteiger partial charge is 0.410 e. The second-order valence-electron chi connectivity index (χ2n) is 7.65. The summed E-state index contributed by atoms with van der Waals surface area (Å²) in [5.74, 6) is 0.336. The van der Waals surface area contributed by atoms with Gasteiger partial charge in [0, 0.05) is 19.1 Å². The number of nitrogens with zero attached hydrogens (tertiary/aromatic N) is 1. The first-order valence-corrected chi connectivity index (χ1v) is 8.29. The second-order valence-corrected chi connectivity index (χ2v) is 7.65. The zero-order valence-electron chi connectivity index (χ0n) is 14.0. The van der Waals surface area contributed by atoms with E-state index in [4.69, 9.17) is 4.74 Å². The molecule has 1 aromatic carbocycles. The summed E-state index contributed by atoms with van der Waals surface area (Å²) in [7, 11) is 0. The number of halogens is 1. The highest BCUT2D eigenvalue weighted by molar-refractivity contribution is 5.69. The summed E-state index contributed by atoms with van der Waals surface area (Å²) >= 11 is 0. The number of rotatable bonds is 3. The number of nitrogens with one attached hydrogen (secondary N) is 1. The Morgan fingerprint density at radius 1 is 1.30 bits per heavy atom. The Labute approximate surface area is 137 Å². The van der Waals surface area contributed by atoms with Gasteiger partial charge in [-0.15, -0.1) is 0 Å². The van der Waals surface area contributed by atoms with Crippen LogP contribution in [-0.2, 0) is 11.3 Å². The topological polar surface area (TPSA) is 41.6 Å². The molecule has 1 saturated heterocycles. The minimum atomic E-state index is -0.462. The van der Waals surface area contributed by atoms with E-state index >= 15 is 0 Å². The van der Waals surface area contributed by atoms with Crippen molar-refractivity contribution in [3.05, 3.63) is 35.6 Å². The van der Waals surface area contributed by atoms with Crippen LogP contribution in [0.2, 0.25) is 0 Å². The molecule has 1 aliphatic heterocycles. The van der Waals surface area contributed by atoms with Gasteiger partial charge < -0.3 is 15.0 Å². The molecule has 3 rings (SSSR count). The van der Waals surface area contributed by atoms with E-state index in [1.165, 1.54) is 12.1 Å². The van der Waals surface area contributed by atoms with Crippen LogP contribution in [0.25, 0.3) is 0 Å². The van der Waals surface area contributed by atoms with Gasteiger partial charge in [-0.2, -0.15) is 0 Å². The lowest BCUT2D eigenvalue weighted by molar-refractivity contribution is 0.0157. The van der Waals surface area contributed by atoms with Crippen LogP contribution in [-0.4, -0.2) is 35.2 Å². The van der Waals surface area contributed by atoms with E-state index < -0.39 is 5.60 Å². The Morgan fingerprint density at radius 3 is 2.61 bits per heavy atom. The molecule has 5 heteroatoms. The molecule has 1 N–H and O–H groups in total. The zero-order chi connectivity index (χ0) is 16.6. The van der Waals surface area contributed by atoms with Crippen molar-refractivity contribution >= 4 is 6.09 Å². The molecule has 0 aromatic heterocycles. The van der Waals surface area contributed by atoms with Crippen molar-refractivity contribution in [3.63, 3.8) is 0 Å². The van der Waals surface area contributed by atoms with Crippen LogP contribution in [0.15, 0.2) is 24.3 Å². The fraction of sp³-hybridized carbons (Fsp3) is 0.611. The molecule has 3 atom stereocenters. The minimum absolute atomic E-state index is 0.204. The number of ether oxygens (including phenoxy) is 1. The van der Waals surface area contributed by atoms with E-state index in [1.54, 1.807) is 12.1 Å². The quantitative estimate of drug-likeness (QED) is 0.929. The predicted octanol–water partition coefficient (Wildman–Crippen LogP) is 3.31. The van der Waals surface area contributed by atoms with Crippen molar-refractivity contribution < 1.29 is 13.9 Å². The molecule has 0 radical (unpaired) electrons. The molecule has 126 valence electrons. The number of carbonyl (C=O) groups is 1. The number of piperidine rings is 1. The van der Waals surface area contributed by atoms with Gasteiger partial charge in [0.25, 0.3) is 0 Å². The van der Waals surface area contributed by atoms with Crippen molar-refractivity contribution in [2.75, 3.05) is 6.54 Å². The van der Waals surface area contributed by atoms with Crippen LogP contribution in [0.1, 0.15) is 39.2 Å². The second kappa shape index (κ2) is 6.11. The number of benzene rings is 1. The van der Waals surface area contributed by atoms with Gasteiger partial charge in [0.2, 0.25) is 0 Å². The highest BCUT2D eigenvalue weighted by Gasteiger charge is 2.47. The highest BCUT2D eigenvalue weighted by Crippen LogP contribution is 2.38. The largest absolute Gasteiger partial charge is 0.444 e. The molecule has 1 saturated carbocycles. The number of likely N-dealkylation sites (tertiary alicyclic amines) is 1. The Hall–Kier alpha value is -1.62. The summed E-state index contributed by atoms with van der Waals surface area (Å²) in [6.45, 7) is 7.17. The van der Waals surface area contributed by atoms with Crippen LogP contribution in [0.5, 0.6) is 0 Å². The van der Waals surface area contributed by atoms with Crippen molar-refractivity contribution in [2.45, 2.75) is 57.8 Å². The molecule has 1 aliphatic carbocycles. The van der Waals surface area contributed by atoms with Gasteiger partial charge in [-0.3, -0.25) is 0 Å². The van der Waals surface area contributed by atoms with E-state index in [1.807, 2.05) is 25.7 Å². The average Bonchev–Trinajstić information content (AvgIpc) is 3.05. The summed E-state index contributed by atoms with van der Waals surface area (Å²) in [5.41, 5.74) is 0.591. The van der Waals surface area contributed by atoms with Crippen molar-refractivity contribution in [1.82, 2.24) is 10.2 Å². The molecule has 4 nitrogen and oxygen atoms in total.